The van der Waals surface area contributed by atoms with Crippen molar-refractivity contribution in [3.05, 3.63) is 226 Å². The van der Waals surface area contributed by atoms with E-state index < -0.39 is 0 Å². The first-order valence-electron chi connectivity index (χ1n) is 27.5. The number of pyridine rings is 2. The van der Waals surface area contributed by atoms with E-state index in [1.165, 1.54) is 49.2 Å². The van der Waals surface area contributed by atoms with Crippen LogP contribution in [0.3, 0.4) is 0 Å². The van der Waals surface area contributed by atoms with Crippen LogP contribution < -0.4 is 0 Å². The number of imidazole rings is 1. The number of thiazole rings is 1. The van der Waals surface area contributed by atoms with Gasteiger partial charge in [0.2, 0.25) is 0 Å². The smallest absolute Gasteiger partial charge is 0.0931 e. The van der Waals surface area contributed by atoms with Gasteiger partial charge < -0.3 is 4.98 Å². The van der Waals surface area contributed by atoms with E-state index in [4.69, 9.17) is 11.6 Å². The van der Waals surface area contributed by atoms with Gasteiger partial charge in [-0.3, -0.25) is 9.97 Å². The van der Waals surface area contributed by atoms with E-state index in [2.05, 4.69) is 293 Å². The highest BCUT2D eigenvalue weighted by Crippen LogP contribution is 2.31. The maximum Gasteiger partial charge on any atom is 0.0931 e. The van der Waals surface area contributed by atoms with Gasteiger partial charge in [0.15, 0.2) is 0 Å². The third kappa shape index (κ3) is 23.2. The second-order valence-electron chi connectivity index (χ2n) is 27.1. The number of benzene rings is 5. The van der Waals surface area contributed by atoms with Crippen LogP contribution in [-0.2, 0) is 37.9 Å². The molecule has 0 amide bonds. The molecule has 418 valence electrons. The Kier molecular flexibility index (Phi) is 24.5. The number of nitrogens with zero attached hydrogens (tertiary/aromatic N) is 4. The van der Waals surface area contributed by atoms with Crippen LogP contribution in [-0.4, -0.2) is 24.9 Å². The Labute approximate surface area is 482 Å². The van der Waals surface area contributed by atoms with E-state index in [-0.39, 0.29) is 32.5 Å². The van der Waals surface area contributed by atoms with E-state index >= 15 is 0 Å². The number of hydrogen-bond donors (Lipinski definition) is 1. The number of nitrogens with one attached hydrogen (secondary N) is 1. The molecule has 0 unspecified atom stereocenters. The van der Waals surface area contributed by atoms with Crippen molar-refractivity contribution in [1.29, 1.82) is 0 Å². The van der Waals surface area contributed by atoms with E-state index in [0.29, 0.717) is 5.41 Å². The summed E-state index contributed by atoms with van der Waals surface area (Å²) >= 11 is 7.56. The summed E-state index contributed by atoms with van der Waals surface area (Å²) in [4.78, 5) is 20.1. The van der Waals surface area contributed by atoms with Crippen molar-refractivity contribution in [2.75, 3.05) is 0 Å². The fourth-order valence-electron chi connectivity index (χ4n) is 7.73. The molecule has 0 aliphatic carbocycles. The first kappa shape index (κ1) is 66.3. The van der Waals surface area contributed by atoms with Gasteiger partial charge in [0.05, 0.1) is 33.1 Å². The van der Waals surface area contributed by atoms with Crippen LogP contribution in [0.5, 0.6) is 0 Å². The Morgan fingerprint density at radius 1 is 0.385 bits per heavy atom. The summed E-state index contributed by atoms with van der Waals surface area (Å²) in [5.41, 5.74) is 17.4. The molecule has 9 aromatic rings. The summed E-state index contributed by atoms with van der Waals surface area (Å²) in [6.45, 7) is 48.4. The number of aromatic nitrogens is 5. The zero-order chi connectivity index (χ0) is 58.8. The summed E-state index contributed by atoms with van der Waals surface area (Å²) in [5, 5.41) is 0.817. The second kappa shape index (κ2) is 28.8. The summed E-state index contributed by atoms with van der Waals surface area (Å²) in [6, 6.07) is 50.1. The summed E-state index contributed by atoms with van der Waals surface area (Å²) in [5.74, 6) is 0. The van der Waals surface area contributed by atoms with E-state index in [0.717, 1.165) is 21.7 Å². The van der Waals surface area contributed by atoms with Gasteiger partial charge in [0, 0.05) is 34.7 Å². The number of hydrogen-bond acceptors (Lipinski definition) is 5. The SMILES string of the molecule is CC(C)(C)c1cccc(Cl)c1.CC(C)(C)c1cccc2[nH]cnc12.CC(C)(C)c1cccc2scnc12.CC(C)(C)c1ccccc1.CC(C)(C)c1ccccn1.CC(C)(C)c1ccncc1.Cc1cccc(C(C)(C)C)c1. The number of rotatable bonds is 0. The topological polar surface area (TPSA) is 67.3 Å². The predicted octanol–water partition coefficient (Wildman–Crippen LogP) is 21.1. The molecule has 9 rings (SSSR count). The molecule has 0 atom stereocenters. The van der Waals surface area contributed by atoms with Crippen LogP contribution in [0.2, 0.25) is 5.02 Å². The number of H-pyrrole nitrogens is 1. The van der Waals surface area contributed by atoms with Crippen molar-refractivity contribution in [2.24, 2.45) is 0 Å². The van der Waals surface area contributed by atoms with Gasteiger partial charge in [-0.1, -0.05) is 260 Å². The van der Waals surface area contributed by atoms with Crippen molar-refractivity contribution in [2.45, 2.75) is 190 Å². The van der Waals surface area contributed by atoms with Crippen LogP contribution in [0, 0.1) is 6.92 Å². The number of para-hydroxylation sites is 2. The maximum absolute atomic E-state index is 5.85. The van der Waals surface area contributed by atoms with Gasteiger partial charge in [0.25, 0.3) is 0 Å². The third-order valence-electron chi connectivity index (χ3n) is 12.6. The lowest BCUT2D eigenvalue weighted by atomic mass is 9.86. The highest BCUT2D eigenvalue weighted by atomic mass is 35.5. The Balaban J connectivity index is 0.000000240. The van der Waals surface area contributed by atoms with Crippen molar-refractivity contribution in [3.8, 4) is 0 Å². The molecule has 5 nitrogen and oxygen atoms in total. The largest absolute Gasteiger partial charge is 0.345 e. The quantitative estimate of drug-likeness (QED) is 0.164. The zero-order valence-corrected chi connectivity index (χ0v) is 53.4. The average molecular weight is 1090 g/mol. The second-order valence-corrected chi connectivity index (χ2v) is 28.4. The molecule has 0 bridgehead atoms. The molecule has 5 aromatic carbocycles. The lowest BCUT2D eigenvalue weighted by Gasteiger charge is -2.19. The minimum atomic E-state index is 0.161. The molecule has 4 heterocycles. The van der Waals surface area contributed by atoms with E-state index in [1.54, 1.807) is 17.7 Å². The van der Waals surface area contributed by atoms with Crippen LogP contribution in [0.25, 0.3) is 21.3 Å². The molecular weight excluding hydrogens is 990 g/mol. The fraction of sp³-hybridized carbons (Fsp3) is 0.408. The molecule has 0 radical (unpaired) electrons. The molecule has 0 aliphatic heterocycles. The molecule has 1 N–H and O–H groups in total. The Morgan fingerprint density at radius 3 is 1.28 bits per heavy atom. The van der Waals surface area contributed by atoms with Crippen molar-refractivity contribution in [3.63, 3.8) is 0 Å². The number of halogens is 1. The lowest BCUT2D eigenvalue weighted by Crippen LogP contribution is -2.12. The van der Waals surface area contributed by atoms with Crippen LogP contribution in [0.1, 0.15) is 190 Å². The van der Waals surface area contributed by atoms with Gasteiger partial charge in [-0.15, -0.1) is 11.3 Å². The average Bonchev–Trinajstić information content (AvgIpc) is 4.05. The highest BCUT2D eigenvalue weighted by Gasteiger charge is 2.20. The van der Waals surface area contributed by atoms with Gasteiger partial charge in [-0.25, -0.2) is 9.97 Å². The number of fused-ring (bicyclic) bond motifs is 2. The fourth-order valence-corrected chi connectivity index (χ4v) is 8.62. The molecule has 0 saturated heterocycles. The minimum absolute atomic E-state index is 0.161. The summed E-state index contributed by atoms with van der Waals surface area (Å²) < 4.78 is 1.28. The number of aryl methyl sites for hydroxylation is 1. The molecule has 0 fully saturated rings. The minimum Gasteiger partial charge on any atom is -0.345 e. The molecule has 0 spiro atoms. The lowest BCUT2D eigenvalue weighted by molar-refractivity contribution is 0.569. The van der Waals surface area contributed by atoms with Crippen LogP contribution in [0.15, 0.2) is 176 Å². The van der Waals surface area contributed by atoms with Crippen molar-refractivity contribution < 1.29 is 0 Å². The third-order valence-corrected chi connectivity index (χ3v) is 13.6. The Hall–Kier alpha value is -5.95. The molecule has 0 aliphatic rings. The zero-order valence-electron chi connectivity index (χ0n) is 51.8. The highest BCUT2D eigenvalue weighted by molar-refractivity contribution is 7.16. The van der Waals surface area contributed by atoms with Gasteiger partial charge >= 0.3 is 0 Å². The molecule has 0 saturated carbocycles. The molecule has 78 heavy (non-hydrogen) atoms. The predicted molar refractivity (Wildman–Crippen MR) is 344 cm³/mol. The first-order chi connectivity index (χ1) is 36.0. The normalized spacial score (nSPS) is 11.8. The van der Waals surface area contributed by atoms with E-state index in [9.17, 15) is 0 Å². The van der Waals surface area contributed by atoms with E-state index in [1.807, 2.05) is 54.4 Å². The monoisotopic (exact) mass is 1090 g/mol. The first-order valence-corrected chi connectivity index (χ1v) is 28.7. The van der Waals surface area contributed by atoms with Crippen LogP contribution in [0.4, 0.5) is 0 Å². The van der Waals surface area contributed by atoms with Crippen molar-refractivity contribution in [1.82, 2.24) is 24.9 Å². The standard InChI is InChI=1S/C11H14N2.C11H13NS.C11H16.C10H13Cl.C10H14.2C9H13N/c1-11(2,3)8-5-4-6-9-10(8)13-7-12-9;1-11(2,3)8-5-4-6-9-10(8)12-7-13-9;1-9-6-5-7-10(8-9)11(2,3)4;1-10(2,3)8-5-4-6-9(11)7-8;1-10(2,3)9-7-5-4-6-8-9;1-9(2,3)8-4-6-10-7-5-8;1-9(2,3)8-6-4-5-7-10-8/h4-7H,1-3H3,(H,12,13);4-7H,1-3H3;5-8H,1-4H3;4-7H,1-3H3;4-8H,1-3H3;2*4-7H,1-3H3. The summed E-state index contributed by atoms with van der Waals surface area (Å²) in [6.07, 6.45) is 7.25. The van der Waals surface area contributed by atoms with Gasteiger partial charge in [-0.05, 0) is 121 Å². The van der Waals surface area contributed by atoms with Gasteiger partial charge in [-0.2, -0.15) is 0 Å². The molecule has 7 heteroatoms. The van der Waals surface area contributed by atoms with Crippen LogP contribution >= 0.6 is 22.9 Å². The Morgan fingerprint density at radius 2 is 0.859 bits per heavy atom. The summed E-state index contributed by atoms with van der Waals surface area (Å²) in [7, 11) is 0. The van der Waals surface area contributed by atoms with Crippen molar-refractivity contribution >= 4 is 44.2 Å². The van der Waals surface area contributed by atoms with Gasteiger partial charge in [0.1, 0.15) is 0 Å². The Bertz CT molecular complexity index is 2850. The number of aromatic amines is 1. The molecular formula is C71H96ClN5S. The maximum atomic E-state index is 5.85. The molecule has 4 aromatic heterocycles.